The monoisotopic (exact) mass is 321 g/mol. The molecule has 6 heteroatoms. The number of benzene rings is 2. The number of para-hydroxylation sites is 2. The summed E-state index contributed by atoms with van der Waals surface area (Å²) in [6.45, 7) is 0. The molecule has 1 N–H and O–H groups in total. The molecule has 0 aromatic heterocycles. The Labute approximate surface area is 137 Å². The van der Waals surface area contributed by atoms with Crippen LogP contribution in [0.15, 0.2) is 53.5 Å². The van der Waals surface area contributed by atoms with E-state index < -0.39 is 0 Å². The first kappa shape index (κ1) is 14.3. The second-order valence-electron chi connectivity index (χ2n) is 5.37. The molecule has 24 heavy (non-hydrogen) atoms. The van der Waals surface area contributed by atoms with Crippen LogP contribution in [0.25, 0.3) is 28.1 Å². The fourth-order valence-electron chi connectivity index (χ4n) is 2.82. The van der Waals surface area contributed by atoms with E-state index in [0.29, 0.717) is 28.6 Å². The number of ether oxygens (including phenoxy) is 2. The van der Waals surface area contributed by atoms with E-state index in [-0.39, 0.29) is 5.56 Å². The number of hydrogen-bond acceptors (Lipinski definition) is 4. The number of aromatic nitrogens is 3. The van der Waals surface area contributed by atoms with Gasteiger partial charge in [-0.15, -0.1) is 0 Å². The highest BCUT2D eigenvalue weighted by Gasteiger charge is 2.19. The number of nitrogens with one attached hydrogen (secondary N) is 1. The van der Waals surface area contributed by atoms with Gasteiger partial charge in [0.05, 0.1) is 25.3 Å². The minimum atomic E-state index is -0.175. The molecule has 0 unspecified atom stereocenters. The molecule has 0 amide bonds. The van der Waals surface area contributed by atoms with Gasteiger partial charge in [-0.25, -0.2) is 4.98 Å². The summed E-state index contributed by atoms with van der Waals surface area (Å²) in [5.41, 5.74) is 2.49. The van der Waals surface area contributed by atoms with Crippen molar-refractivity contribution < 1.29 is 9.47 Å². The maximum atomic E-state index is 12.9. The minimum Gasteiger partial charge on any atom is -0.497 e. The molecule has 120 valence electrons. The molecule has 2 aromatic carbocycles. The highest BCUT2D eigenvalue weighted by molar-refractivity contribution is 5.78. The van der Waals surface area contributed by atoms with Crippen molar-refractivity contribution in [1.82, 2.24) is 14.5 Å². The molecule has 0 fully saturated rings. The van der Waals surface area contributed by atoms with Crippen molar-refractivity contribution in [2.45, 2.75) is 0 Å². The molecule has 0 atom stereocenters. The Hall–Kier alpha value is -3.28. The van der Waals surface area contributed by atoms with Crippen LogP contribution in [0.5, 0.6) is 11.5 Å². The van der Waals surface area contributed by atoms with Crippen molar-refractivity contribution in [3.63, 3.8) is 0 Å². The van der Waals surface area contributed by atoms with E-state index in [9.17, 15) is 4.79 Å². The van der Waals surface area contributed by atoms with Gasteiger partial charge in [0.2, 0.25) is 0 Å². The summed E-state index contributed by atoms with van der Waals surface area (Å²) < 4.78 is 12.2. The van der Waals surface area contributed by atoms with Gasteiger partial charge in [0, 0.05) is 17.8 Å². The molecule has 0 bridgehead atoms. The van der Waals surface area contributed by atoms with E-state index in [1.807, 2.05) is 24.3 Å². The second kappa shape index (κ2) is 5.42. The van der Waals surface area contributed by atoms with Gasteiger partial charge >= 0.3 is 0 Å². The van der Waals surface area contributed by atoms with Crippen molar-refractivity contribution in [2.24, 2.45) is 0 Å². The zero-order valence-electron chi connectivity index (χ0n) is 13.2. The predicted octanol–water partition coefficient (Wildman–Crippen LogP) is 2.84. The van der Waals surface area contributed by atoms with E-state index in [1.54, 1.807) is 43.2 Å². The molecule has 0 saturated carbocycles. The third kappa shape index (κ3) is 2.11. The third-order valence-electron chi connectivity index (χ3n) is 3.99. The first-order valence-corrected chi connectivity index (χ1v) is 7.43. The molecule has 2 aliphatic heterocycles. The maximum Gasteiger partial charge on any atom is 0.283 e. The number of hydrogen-bond donors (Lipinski definition) is 1. The molecular weight excluding hydrogens is 306 g/mol. The van der Waals surface area contributed by atoms with Crippen molar-refractivity contribution in [3.8, 4) is 28.6 Å². The van der Waals surface area contributed by atoms with Gasteiger partial charge in [0.15, 0.2) is 5.82 Å². The molecule has 0 saturated heterocycles. The van der Waals surface area contributed by atoms with Crippen LogP contribution >= 0.6 is 0 Å². The van der Waals surface area contributed by atoms with Gasteiger partial charge in [-0.05, 0) is 24.3 Å². The third-order valence-corrected chi connectivity index (χ3v) is 3.99. The molecule has 2 aliphatic rings. The van der Waals surface area contributed by atoms with Crippen molar-refractivity contribution in [1.29, 1.82) is 0 Å². The normalized spacial score (nSPS) is 11.1. The Morgan fingerprint density at radius 2 is 1.75 bits per heavy atom. The lowest BCUT2D eigenvalue weighted by molar-refractivity contribution is 0.394. The number of imidazole rings is 1. The number of H-pyrrole nitrogens is 1. The molecule has 0 radical (unpaired) electrons. The first-order valence-electron chi connectivity index (χ1n) is 7.43. The highest BCUT2D eigenvalue weighted by Crippen LogP contribution is 2.29. The van der Waals surface area contributed by atoms with Gasteiger partial charge in [-0.1, -0.05) is 12.1 Å². The van der Waals surface area contributed by atoms with Gasteiger partial charge < -0.3 is 14.5 Å². The van der Waals surface area contributed by atoms with Crippen LogP contribution < -0.4 is 15.0 Å². The van der Waals surface area contributed by atoms with Crippen LogP contribution in [0.1, 0.15) is 0 Å². The van der Waals surface area contributed by atoms with Crippen LogP contribution in [0, 0.1) is 0 Å². The predicted molar refractivity (Wildman–Crippen MR) is 91.4 cm³/mol. The number of methoxy groups -OCH3 is 2. The Kier molecular flexibility index (Phi) is 3.23. The summed E-state index contributed by atoms with van der Waals surface area (Å²) in [6, 6.07) is 12.9. The van der Waals surface area contributed by atoms with Gasteiger partial charge in [0.25, 0.3) is 5.56 Å². The van der Waals surface area contributed by atoms with Crippen molar-refractivity contribution >= 4 is 11.0 Å². The minimum absolute atomic E-state index is 0.175. The number of nitrogens with zero attached hydrogens (tertiary/aromatic N) is 2. The van der Waals surface area contributed by atoms with E-state index in [2.05, 4.69) is 9.97 Å². The zero-order valence-corrected chi connectivity index (χ0v) is 13.2. The average Bonchev–Trinajstić information content (AvgIpc) is 2.98. The van der Waals surface area contributed by atoms with Crippen molar-refractivity contribution in [3.05, 3.63) is 59.0 Å². The van der Waals surface area contributed by atoms with Crippen LogP contribution in [-0.2, 0) is 0 Å². The molecule has 2 heterocycles. The quantitative estimate of drug-likeness (QED) is 0.630. The zero-order chi connectivity index (χ0) is 16.7. The summed E-state index contributed by atoms with van der Waals surface area (Å²) in [5, 5.41) is 0. The number of aromatic amines is 1. The smallest absolute Gasteiger partial charge is 0.283 e. The topological polar surface area (TPSA) is 69.1 Å². The standard InChI is InChI=1S/C18H15N3O3/c1-23-12-7-11(8-13(9-12)24-2)17-18(22)21-15-6-4-3-5-14(15)19-10-16(21)20-17/h3-10,19H,1-2H3. The molecule has 0 spiro atoms. The van der Waals surface area contributed by atoms with Crippen LogP contribution in [0.2, 0.25) is 0 Å². The molecule has 6 nitrogen and oxygen atoms in total. The Morgan fingerprint density at radius 3 is 2.46 bits per heavy atom. The van der Waals surface area contributed by atoms with Gasteiger partial charge in [-0.3, -0.25) is 9.36 Å². The lowest BCUT2D eigenvalue weighted by atomic mass is 10.1. The van der Waals surface area contributed by atoms with E-state index in [0.717, 1.165) is 11.0 Å². The van der Waals surface area contributed by atoms with Gasteiger partial charge in [0.1, 0.15) is 17.2 Å². The van der Waals surface area contributed by atoms with E-state index in [4.69, 9.17) is 9.47 Å². The lowest BCUT2D eigenvalue weighted by Crippen LogP contribution is -2.14. The summed E-state index contributed by atoms with van der Waals surface area (Å²) in [5.74, 6) is 1.78. The van der Waals surface area contributed by atoms with Gasteiger partial charge in [-0.2, -0.15) is 0 Å². The second-order valence-corrected chi connectivity index (χ2v) is 5.37. The summed E-state index contributed by atoms with van der Waals surface area (Å²) in [7, 11) is 3.14. The number of fused-ring (bicyclic) bond motifs is 3. The fraction of sp³-hybridized carbons (Fsp3) is 0.111. The fourth-order valence-corrected chi connectivity index (χ4v) is 2.82. The number of rotatable bonds is 3. The largest absolute Gasteiger partial charge is 0.497 e. The molecule has 0 aliphatic carbocycles. The van der Waals surface area contributed by atoms with E-state index >= 15 is 0 Å². The maximum absolute atomic E-state index is 12.9. The molecule has 4 rings (SSSR count). The van der Waals surface area contributed by atoms with E-state index in [1.165, 1.54) is 0 Å². The SMILES string of the molecule is COc1cc(OC)cc(-c2nc3c[nH]c4ccccc4n-3c2=O)c1. The summed E-state index contributed by atoms with van der Waals surface area (Å²) in [4.78, 5) is 20.6. The molecule has 2 aromatic rings. The summed E-state index contributed by atoms with van der Waals surface area (Å²) in [6.07, 6.45) is 1.73. The molecular formula is C18H15N3O3. The lowest BCUT2D eigenvalue weighted by Gasteiger charge is -2.06. The van der Waals surface area contributed by atoms with Crippen LogP contribution in [0.3, 0.4) is 0 Å². The Morgan fingerprint density at radius 1 is 1.04 bits per heavy atom. The highest BCUT2D eigenvalue weighted by atomic mass is 16.5. The van der Waals surface area contributed by atoms with Crippen LogP contribution in [0.4, 0.5) is 0 Å². The Bertz CT molecular complexity index is 1040. The van der Waals surface area contributed by atoms with Crippen molar-refractivity contribution in [2.75, 3.05) is 14.2 Å². The Balaban J connectivity index is 2.02. The first-order chi connectivity index (χ1) is 11.7. The summed E-state index contributed by atoms with van der Waals surface area (Å²) >= 11 is 0. The average molecular weight is 321 g/mol. The van der Waals surface area contributed by atoms with Crippen LogP contribution in [-0.4, -0.2) is 28.8 Å².